The van der Waals surface area contributed by atoms with Crippen molar-refractivity contribution >= 4 is 16.7 Å². The molecular formula is C29H43N7. The van der Waals surface area contributed by atoms with Crippen LogP contribution in [0.5, 0.6) is 0 Å². The maximum atomic E-state index is 4.97. The van der Waals surface area contributed by atoms with Gasteiger partial charge in [-0.2, -0.15) is 0 Å². The van der Waals surface area contributed by atoms with Gasteiger partial charge in [-0.1, -0.05) is 26.0 Å². The van der Waals surface area contributed by atoms with Gasteiger partial charge in [0.15, 0.2) is 0 Å². The molecule has 0 bridgehead atoms. The molecule has 1 aliphatic heterocycles. The number of nitrogens with one attached hydrogen (secondary N) is 1. The SMILES string of the molecule is CCCN(CCC)CCCCc1ccc2cc(CN(CC3=NCCN3C)Cc3ncc[nH]3)ccc2n1. The highest BCUT2D eigenvalue weighted by Gasteiger charge is 2.18. The molecule has 3 heterocycles. The molecule has 0 fully saturated rings. The number of hydrogen-bond donors (Lipinski definition) is 1. The second kappa shape index (κ2) is 13.5. The summed E-state index contributed by atoms with van der Waals surface area (Å²) < 4.78 is 0. The number of aryl methyl sites for hydroxylation is 1. The monoisotopic (exact) mass is 489 g/mol. The highest BCUT2D eigenvalue weighted by Crippen LogP contribution is 2.18. The molecule has 4 rings (SSSR count). The van der Waals surface area contributed by atoms with Gasteiger partial charge in [0.25, 0.3) is 0 Å². The van der Waals surface area contributed by atoms with E-state index in [2.05, 4.69) is 75.9 Å². The molecule has 0 saturated carbocycles. The summed E-state index contributed by atoms with van der Waals surface area (Å²) in [7, 11) is 2.13. The van der Waals surface area contributed by atoms with Gasteiger partial charge in [0.2, 0.25) is 0 Å². The number of unbranched alkanes of at least 4 members (excludes halogenated alkanes) is 1. The van der Waals surface area contributed by atoms with Crippen molar-refractivity contribution < 1.29 is 0 Å². The molecule has 0 atom stereocenters. The average molecular weight is 490 g/mol. The zero-order chi connectivity index (χ0) is 25.2. The standard InChI is InChI=1S/C29H43N7/c1-4-16-35(17-5-2)18-7-6-8-26-11-10-25-20-24(9-12-27(25)33-26)21-36(22-28-30-13-14-31-28)23-29-32-15-19-34(29)3/h9-14,20H,4-8,15-19,21-23H2,1-3H3,(H,30,31). The number of fused-ring (bicyclic) bond motifs is 1. The highest BCUT2D eigenvalue weighted by atomic mass is 15.3. The molecule has 2 aromatic heterocycles. The third-order valence-electron chi connectivity index (χ3n) is 6.92. The molecule has 0 saturated heterocycles. The summed E-state index contributed by atoms with van der Waals surface area (Å²) in [5, 5.41) is 1.21. The van der Waals surface area contributed by atoms with E-state index in [0.717, 1.165) is 56.3 Å². The van der Waals surface area contributed by atoms with E-state index in [1.54, 1.807) is 0 Å². The third kappa shape index (κ3) is 7.61. The summed E-state index contributed by atoms with van der Waals surface area (Å²) >= 11 is 0. The van der Waals surface area contributed by atoms with E-state index >= 15 is 0 Å². The van der Waals surface area contributed by atoms with E-state index in [1.807, 2.05) is 12.4 Å². The summed E-state index contributed by atoms with van der Waals surface area (Å²) in [6, 6.07) is 11.2. The van der Waals surface area contributed by atoms with Crippen LogP contribution >= 0.6 is 0 Å². The maximum absolute atomic E-state index is 4.97. The van der Waals surface area contributed by atoms with Gasteiger partial charge < -0.3 is 14.8 Å². The van der Waals surface area contributed by atoms with Gasteiger partial charge in [-0.15, -0.1) is 0 Å². The fourth-order valence-electron chi connectivity index (χ4n) is 5.04. The molecule has 194 valence electrons. The van der Waals surface area contributed by atoms with Crippen molar-refractivity contribution in [2.24, 2.45) is 4.99 Å². The highest BCUT2D eigenvalue weighted by molar-refractivity contribution is 5.85. The van der Waals surface area contributed by atoms with E-state index in [9.17, 15) is 0 Å². The molecule has 0 spiro atoms. The van der Waals surface area contributed by atoms with Crippen LogP contribution in [0.15, 0.2) is 47.7 Å². The normalized spacial score (nSPS) is 13.9. The van der Waals surface area contributed by atoms with E-state index in [-0.39, 0.29) is 0 Å². The Bertz CT molecular complexity index is 1090. The largest absolute Gasteiger partial charge is 0.360 e. The zero-order valence-corrected chi connectivity index (χ0v) is 22.4. The number of amidine groups is 1. The van der Waals surface area contributed by atoms with Gasteiger partial charge in [-0.25, -0.2) is 4.98 Å². The predicted molar refractivity (Wildman–Crippen MR) is 149 cm³/mol. The number of aromatic nitrogens is 3. The summed E-state index contributed by atoms with van der Waals surface area (Å²) in [4.78, 5) is 24.6. The van der Waals surface area contributed by atoms with Crippen LogP contribution in [0, 0.1) is 0 Å². The second-order valence-electron chi connectivity index (χ2n) is 10.0. The Hall–Kier alpha value is -2.77. The van der Waals surface area contributed by atoms with Crippen LogP contribution in [0.25, 0.3) is 10.9 Å². The van der Waals surface area contributed by atoms with Crippen LogP contribution in [-0.4, -0.2) is 81.8 Å². The van der Waals surface area contributed by atoms with Crippen molar-refractivity contribution in [3.05, 3.63) is 59.8 Å². The maximum Gasteiger partial charge on any atom is 0.120 e. The van der Waals surface area contributed by atoms with Crippen molar-refractivity contribution in [3.63, 3.8) is 0 Å². The van der Waals surface area contributed by atoms with Gasteiger partial charge in [0, 0.05) is 43.6 Å². The van der Waals surface area contributed by atoms with Gasteiger partial charge in [-0.05, 0) is 75.5 Å². The molecule has 1 N–H and O–H groups in total. The molecule has 1 aromatic carbocycles. The van der Waals surface area contributed by atoms with Crippen molar-refractivity contribution in [1.82, 2.24) is 29.7 Å². The molecule has 7 heteroatoms. The number of aliphatic imine (C=N–C) groups is 1. The smallest absolute Gasteiger partial charge is 0.120 e. The van der Waals surface area contributed by atoms with Crippen LogP contribution in [0.2, 0.25) is 0 Å². The van der Waals surface area contributed by atoms with Crippen LogP contribution in [-0.2, 0) is 19.5 Å². The van der Waals surface area contributed by atoms with Gasteiger partial charge >= 0.3 is 0 Å². The minimum Gasteiger partial charge on any atom is -0.360 e. The van der Waals surface area contributed by atoms with Crippen molar-refractivity contribution in [3.8, 4) is 0 Å². The number of aromatic amines is 1. The molecule has 0 radical (unpaired) electrons. The number of H-pyrrole nitrogens is 1. The third-order valence-corrected chi connectivity index (χ3v) is 6.92. The lowest BCUT2D eigenvalue weighted by atomic mass is 10.1. The van der Waals surface area contributed by atoms with Gasteiger partial charge in [-0.3, -0.25) is 14.9 Å². The molecular weight excluding hydrogens is 446 g/mol. The van der Waals surface area contributed by atoms with E-state index in [4.69, 9.17) is 9.98 Å². The first kappa shape index (κ1) is 26.3. The number of nitrogens with zero attached hydrogens (tertiary/aromatic N) is 6. The lowest BCUT2D eigenvalue weighted by molar-refractivity contribution is 0.269. The number of rotatable bonds is 15. The summed E-state index contributed by atoms with van der Waals surface area (Å²) in [5.74, 6) is 2.14. The fraction of sp³-hybridized carbons (Fsp3) is 0.552. The van der Waals surface area contributed by atoms with Crippen molar-refractivity contribution in [2.75, 3.05) is 46.3 Å². The Morgan fingerprint density at radius 1 is 0.944 bits per heavy atom. The molecule has 0 aliphatic carbocycles. The number of likely N-dealkylation sites (N-methyl/N-ethyl adjacent to an activating group) is 1. The predicted octanol–water partition coefficient (Wildman–Crippen LogP) is 4.75. The molecule has 1 aliphatic rings. The van der Waals surface area contributed by atoms with Crippen LogP contribution in [0.1, 0.15) is 56.6 Å². The van der Waals surface area contributed by atoms with Crippen LogP contribution in [0.4, 0.5) is 0 Å². The topological polar surface area (TPSA) is 63.6 Å². The Labute approximate surface area is 216 Å². The van der Waals surface area contributed by atoms with Gasteiger partial charge in [0.05, 0.1) is 25.2 Å². The average Bonchev–Trinajstić information content (AvgIpc) is 3.54. The first-order chi connectivity index (χ1) is 17.6. The summed E-state index contributed by atoms with van der Waals surface area (Å²) in [5.41, 5.74) is 3.58. The number of imidazole rings is 1. The fourth-order valence-corrected chi connectivity index (χ4v) is 5.04. The molecule has 0 unspecified atom stereocenters. The Morgan fingerprint density at radius 3 is 2.53 bits per heavy atom. The summed E-state index contributed by atoms with van der Waals surface area (Å²) in [6.45, 7) is 12.5. The first-order valence-corrected chi connectivity index (χ1v) is 13.7. The Balaban J connectivity index is 1.36. The molecule has 36 heavy (non-hydrogen) atoms. The minimum absolute atomic E-state index is 0.767. The van der Waals surface area contributed by atoms with E-state index in [0.29, 0.717) is 0 Å². The second-order valence-corrected chi connectivity index (χ2v) is 10.0. The molecule has 7 nitrogen and oxygen atoms in total. The number of benzene rings is 1. The van der Waals surface area contributed by atoms with Crippen molar-refractivity contribution in [2.45, 2.75) is 59.0 Å². The Morgan fingerprint density at radius 2 is 1.81 bits per heavy atom. The van der Waals surface area contributed by atoms with Gasteiger partial charge in [0.1, 0.15) is 11.7 Å². The van der Waals surface area contributed by atoms with Crippen molar-refractivity contribution in [1.29, 1.82) is 0 Å². The summed E-state index contributed by atoms with van der Waals surface area (Å²) in [6.07, 6.45) is 9.67. The lowest BCUT2D eigenvalue weighted by Gasteiger charge is -2.24. The van der Waals surface area contributed by atoms with Crippen LogP contribution in [0.3, 0.4) is 0 Å². The van der Waals surface area contributed by atoms with Crippen LogP contribution < -0.4 is 0 Å². The zero-order valence-electron chi connectivity index (χ0n) is 22.4. The quantitative estimate of drug-likeness (QED) is 0.312. The lowest BCUT2D eigenvalue weighted by Crippen LogP contribution is -2.36. The number of pyridine rings is 1. The minimum atomic E-state index is 0.767. The Kier molecular flexibility index (Phi) is 9.87. The van der Waals surface area contributed by atoms with E-state index < -0.39 is 0 Å². The molecule has 0 amide bonds. The van der Waals surface area contributed by atoms with E-state index in [1.165, 1.54) is 62.0 Å². The molecule has 3 aromatic rings. The number of hydrogen-bond acceptors (Lipinski definition) is 6. The first-order valence-electron chi connectivity index (χ1n) is 13.7.